The van der Waals surface area contributed by atoms with Crippen molar-refractivity contribution < 1.29 is 0 Å². The predicted molar refractivity (Wildman–Crippen MR) is 84.5 cm³/mol. The van der Waals surface area contributed by atoms with Crippen LogP contribution >= 0.6 is 11.6 Å². The van der Waals surface area contributed by atoms with E-state index in [9.17, 15) is 0 Å². The molecule has 102 valence electrons. The molecule has 0 amide bonds. The van der Waals surface area contributed by atoms with E-state index in [2.05, 4.69) is 45.3 Å². The van der Waals surface area contributed by atoms with Crippen molar-refractivity contribution in [1.82, 2.24) is 4.98 Å². The predicted octanol–water partition coefficient (Wildman–Crippen LogP) is 5.39. The maximum absolute atomic E-state index is 6.01. The topological polar surface area (TPSA) is 12.9 Å². The first-order chi connectivity index (χ1) is 9.01. The van der Waals surface area contributed by atoms with Crippen molar-refractivity contribution in [3.8, 4) is 0 Å². The van der Waals surface area contributed by atoms with Crippen molar-refractivity contribution in [2.45, 2.75) is 40.0 Å². The van der Waals surface area contributed by atoms with Crippen LogP contribution in [0.2, 0.25) is 0 Å². The molecule has 0 aliphatic carbocycles. The molecule has 1 atom stereocenters. The molecule has 0 spiro atoms. The van der Waals surface area contributed by atoms with Crippen molar-refractivity contribution in [3.05, 3.63) is 64.5 Å². The minimum absolute atomic E-state index is 0.293. The van der Waals surface area contributed by atoms with Crippen LogP contribution in [-0.2, 0) is 6.42 Å². The minimum Gasteiger partial charge on any atom is -0.260 e. The Morgan fingerprint density at radius 3 is 2.74 bits per heavy atom. The van der Waals surface area contributed by atoms with E-state index in [1.54, 1.807) is 6.08 Å². The Kier molecular flexibility index (Phi) is 6.04. The Labute approximate surface area is 121 Å². The number of hydrogen-bond acceptors (Lipinski definition) is 1. The van der Waals surface area contributed by atoms with Crippen LogP contribution in [0.1, 0.15) is 44.9 Å². The van der Waals surface area contributed by atoms with Gasteiger partial charge in [0.1, 0.15) is 0 Å². The molecule has 0 saturated heterocycles. The fourth-order valence-electron chi connectivity index (χ4n) is 2.07. The van der Waals surface area contributed by atoms with Crippen LogP contribution in [0.15, 0.2) is 53.2 Å². The molecule has 0 aliphatic heterocycles. The lowest BCUT2D eigenvalue weighted by molar-refractivity contribution is 0.815. The van der Waals surface area contributed by atoms with Crippen molar-refractivity contribution in [1.29, 1.82) is 0 Å². The second-order valence-electron chi connectivity index (χ2n) is 4.72. The lowest BCUT2D eigenvalue weighted by Gasteiger charge is -2.17. The summed E-state index contributed by atoms with van der Waals surface area (Å²) in [6.45, 7) is 12.2. The molecule has 0 bridgehead atoms. The average Bonchev–Trinajstić information content (AvgIpc) is 2.45. The van der Waals surface area contributed by atoms with Crippen LogP contribution in [0.4, 0.5) is 0 Å². The molecule has 0 N–H and O–H groups in total. The zero-order chi connectivity index (χ0) is 14.4. The van der Waals surface area contributed by atoms with Gasteiger partial charge >= 0.3 is 0 Å². The number of nitrogens with zero attached hydrogens (tertiary/aromatic N) is 1. The maximum atomic E-state index is 6.01. The number of aryl methyl sites for hydroxylation is 1. The first-order valence-electron chi connectivity index (χ1n) is 6.62. The standard InChI is InChI=1S/C17H22ClN/c1-6-15-9-8-10-19-17(15)14(5)13(4)12(3)11-16(18)7-2/h7-11,14H,2,6H2,1,3-5H3/b13-12+,16-11+. The van der Waals surface area contributed by atoms with Gasteiger partial charge in [0, 0.05) is 17.1 Å². The fraction of sp³-hybridized carbons (Fsp3) is 0.353. The normalized spacial score (nSPS) is 14.9. The third-order valence-corrected chi connectivity index (χ3v) is 3.80. The minimum atomic E-state index is 0.293. The highest BCUT2D eigenvalue weighted by Crippen LogP contribution is 2.28. The fourth-order valence-corrected chi connectivity index (χ4v) is 2.23. The largest absolute Gasteiger partial charge is 0.260 e. The van der Waals surface area contributed by atoms with E-state index >= 15 is 0 Å². The summed E-state index contributed by atoms with van der Waals surface area (Å²) in [4.78, 5) is 4.54. The van der Waals surface area contributed by atoms with Gasteiger partial charge in [0.05, 0.1) is 5.69 Å². The quantitative estimate of drug-likeness (QED) is 0.656. The van der Waals surface area contributed by atoms with Crippen molar-refractivity contribution in [2.24, 2.45) is 0 Å². The van der Waals surface area contributed by atoms with Gasteiger partial charge in [-0.2, -0.15) is 0 Å². The molecule has 1 nitrogen and oxygen atoms in total. The van der Waals surface area contributed by atoms with Gasteiger partial charge < -0.3 is 0 Å². The molecule has 0 saturated carbocycles. The van der Waals surface area contributed by atoms with Crippen molar-refractivity contribution >= 4 is 11.6 Å². The van der Waals surface area contributed by atoms with E-state index in [0.29, 0.717) is 11.0 Å². The van der Waals surface area contributed by atoms with E-state index < -0.39 is 0 Å². The summed E-state index contributed by atoms with van der Waals surface area (Å²) in [5.74, 6) is 0.293. The first kappa shape index (κ1) is 15.7. The zero-order valence-corrected chi connectivity index (χ0v) is 13.0. The van der Waals surface area contributed by atoms with Crippen molar-refractivity contribution in [3.63, 3.8) is 0 Å². The highest BCUT2D eigenvalue weighted by Gasteiger charge is 2.14. The lowest BCUT2D eigenvalue weighted by atomic mass is 9.91. The summed E-state index contributed by atoms with van der Waals surface area (Å²) < 4.78 is 0. The second kappa shape index (κ2) is 7.30. The Bertz CT molecular complexity index is 512. The Hall–Kier alpha value is -1.34. The summed E-state index contributed by atoms with van der Waals surface area (Å²) in [5.41, 5.74) is 4.92. The number of aromatic nitrogens is 1. The second-order valence-corrected chi connectivity index (χ2v) is 5.16. The van der Waals surface area contributed by atoms with E-state index in [-0.39, 0.29) is 0 Å². The Morgan fingerprint density at radius 2 is 2.16 bits per heavy atom. The van der Waals surface area contributed by atoms with Gasteiger partial charge in [0.15, 0.2) is 0 Å². The van der Waals surface area contributed by atoms with Crippen LogP contribution in [0.25, 0.3) is 0 Å². The van der Waals surface area contributed by atoms with E-state index in [1.165, 1.54) is 16.7 Å². The van der Waals surface area contributed by atoms with Gasteiger partial charge in [0.2, 0.25) is 0 Å². The van der Waals surface area contributed by atoms with Gasteiger partial charge in [-0.25, -0.2) is 0 Å². The molecular weight excluding hydrogens is 254 g/mol. The first-order valence-corrected chi connectivity index (χ1v) is 6.99. The molecule has 1 unspecified atom stereocenters. The van der Waals surface area contributed by atoms with E-state index in [4.69, 9.17) is 11.6 Å². The lowest BCUT2D eigenvalue weighted by Crippen LogP contribution is -2.04. The molecule has 0 aromatic carbocycles. The zero-order valence-electron chi connectivity index (χ0n) is 12.2. The van der Waals surface area contributed by atoms with E-state index in [0.717, 1.165) is 12.1 Å². The summed E-state index contributed by atoms with van der Waals surface area (Å²) in [5, 5.41) is 0.667. The summed E-state index contributed by atoms with van der Waals surface area (Å²) >= 11 is 6.01. The number of halogens is 1. The number of allylic oxidation sites excluding steroid dienone is 5. The third-order valence-electron chi connectivity index (χ3n) is 3.54. The maximum Gasteiger partial charge on any atom is 0.0504 e. The average molecular weight is 276 g/mol. The Morgan fingerprint density at radius 1 is 1.47 bits per heavy atom. The molecule has 2 heteroatoms. The number of hydrogen-bond donors (Lipinski definition) is 0. The SMILES string of the molecule is C=C/C(Cl)=C\C(C)=C(/C)C(C)c1ncccc1CC. The Balaban J connectivity index is 3.15. The van der Waals surface area contributed by atoms with Crippen LogP contribution in [0.5, 0.6) is 0 Å². The molecule has 1 aromatic heterocycles. The van der Waals surface area contributed by atoms with Crippen LogP contribution in [0.3, 0.4) is 0 Å². The summed E-state index contributed by atoms with van der Waals surface area (Å²) in [6.07, 6.45) is 6.47. The molecular formula is C17H22ClN. The number of pyridine rings is 1. The number of rotatable bonds is 5. The molecule has 1 heterocycles. The molecule has 0 fully saturated rings. The highest BCUT2D eigenvalue weighted by molar-refractivity contribution is 6.31. The van der Waals surface area contributed by atoms with Crippen molar-refractivity contribution in [2.75, 3.05) is 0 Å². The molecule has 1 aromatic rings. The molecule has 0 aliphatic rings. The monoisotopic (exact) mass is 275 g/mol. The van der Waals surface area contributed by atoms with Crippen LogP contribution in [-0.4, -0.2) is 4.98 Å². The van der Waals surface area contributed by atoms with Gasteiger partial charge in [-0.05, 0) is 38.0 Å². The smallest absolute Gasteiger partial charge is 0.0504 e. The molecule has 1 rings (SSSR count). The molecule has 19 heavy (non-hydrogen) atoms. The van der Waals surface area contributed by atoms with Crippen LogP contribution < -0.4 is 0 Å². The van der Waals surface area contributed by atoms with Gasteiger partial charge in [-0.1, -0.05) is 55.3 Å². The van der Waals surface area contributed by atoms with E-state index in [1.807, 2.05) is 18.3 Å². The molecule has 0 radical (unpaired) electrons. The highest BCUT2D eigenvalue weighted by atomic mass is 35.5. The summed E-state index contributed by atoms with van der Waals surface area (Å²) in [7, 11) is 0. The summed E-state index contributed by atoms with van der Waals surface area (Å²) in [6, 6.07) is 4.14. The van der Waals surface area contributed by atoms with Gasteiger partial charge in [0.25, 0.3) is 0 Å². The van der Waals surface area contributed by atoms with Crippen LogP contribution in [0, 0.1) is 0 Å². The third kappa shape index (κ3) is 4.07. The van der Waals surface area contributed by atoms with Gasteiger partial charge in [-0.15, -0.1) is 0 Å². The van der Waals surface area contributed by atoms with Gasteiger partial charge in [-0.3, -0.25) is 4.98 Å².